The van der Waals surface area contributed by atoms with E-state index in [1.54, 1.807) is 7.11 Å². The number of rotatable bonds is 4. The van der Waals surface area contributed by atoms with Crippen molar-refractivity contribution in [1.29, 1.82) is 0 Å². The third-order valence-electron chi connectivity index (χ3n) is 3.54. The van der Waals surface area contributed by atoms with Crippen LogP contribution in [0.3, 0.4) is 0 Å². The Bertz CT molecular complexity index is 435. The van der Waals surface area contributed by atoms with E-state index in [2.05, 4.69) is 21.2 Å². The summed E-state index contributed by atoms with van der Waals surface area (Å²) >= 11 is 3.40. The predicted octanol–water partition coefficient (Wildman–Crippen LogP) is 2.08. The summed E-state index contributed by atoms with van der Waals surface area (Å²) in [6, 6.07) is 7.84. The molecule has 0 aromatic heterocycles. The van der Waals surface area contributed by atoms with Crippen molar-refractivity contribution in [3.63, 3.8) is 0 Å². The second-order valence-electron chi connectivity index (χ2n) is 4.66. The number of carbonyl (C=O) groups is 1. The molecule has 1 aliphatic heterocycles. The zero-order valence-electron chi connectivity index (χ0n) is 11.1. The number of hydrogen-bond acceptors (Lipinski definition) is 4. The van der Waals surface area contributed by atoms with Crippen molar-refractivity contribution in [2.45, 2.75) is 24.5 Å². The summed E-state index contributed by atoms with van der Waals surface area (Å²) in [7, 11) is 3.12. The maximum absolute atomic E-state index is 12.1. The van der Waals surface area contributed by atoms with Crippen molar-refractivity contribution in [3.8, 4) is 0 Å². The van der Waals surface area contributed by atoms with Gasteiger partial charge in [0.1, 0.15) is 0 Å². The van der Waals surface area contributed by atoms with Crippen LogP contribution in [0, 0.1) is 0 Å². The molecule has 3 atom stereocenters. The molecule has 1 saturated heterocycles. The third kappa shape index (κ3) is 3.35. The highest BCUT2D eigenvalue weighted by atomic mass is 79.9. The lowest BCUT2D eigenvalue weighted by Crippen LogP contribution is -2.34. The number of carbonyl (C=O) groups excluding carboxylic acids is 1. The Morgan fingerprint density at radius 1 is 1.37 bits per heavy atom. The Hall–Kier alpha value is -0.910. The molecule has 0 bridgehead atoms. The van der Waals surface area contributed by atoms with E-state index in [9.17, 15) is 4.79 Å². The van der Waals surface area contributed by atoms with E-state index in [0.29, 0.717) is 0 Å². The monoisotopic (exact) mass is 327 g/mol. The van der Waals surface area contributed by atoms with Crippen LogP contribution in [0.1, 0.15) is 17.9 Å². The number of halogens is 1. The van der Waals surface area contributed by atoms with Gasteiger partial charge in [-0.15, -0.1) is 0 Å². The average Bonchev–Trinajstić information content (AvgIpc) is 2.89. The SMILES string of the molecule is COC(=O)[C@H](c1ccc(Br)cc1)[C@@H]1C[C@@H](OC)CN1. The van der Waals surface area contributed by atoms with Crippen LogP contribution in [-0.2, 0) is 14.3 Å². The number of esters is 1. The Morgan fingerprint density at radius 2 is 2.05 bits per heavy atom. The molecular weight excluding hydrogens is 310 g/mol. The normalized spacial score (nSPS) is 24.2. The molecule has 0 unspecified atom stereocenters. The Morgan fingerprint density at radius 3 is 2.58 bits per heavy atom. The lowest BCUT2D eigenvalue weighted by molar-refractivity contribution is -0.143. The maximum atomic E-state index is 12.1. The molecule has 1 aromatic carbocycles. The van der Waals surface area contributed by atoms with E-state index < -0.39 is 0 Å². The molecule has 1 aromatic rings. The van der Waals surface area contributed by atoms with Crippen molar-refractivity contribution >= 4 is 21.9 Å². The molecule has 0 aliphatic carbocycles. The molecule has 2 rings (SSSR count). The summed E-state index contributed by atoms with van der Waals surface area (Å²) in [5.41, 5.74) is 0.962. The Labute approximate surface area is 121 Å². The first-order valence-electron chi connectivity index (χ1n) is 6.25. The van der Waals surface area contributed by atoms with Crippen LogP contribution in [0.25, 0.3) is 0 Å². The molecule has 4 nitrogen and oxygen atoms in total. The van der Waals surface area contributed by atoms with E-state index in [0.717, 1.165) is 23.0 Å². The molecule has 104 valence electrons. The zero-order chi connectivity index (χ0) is 13.8. The topological polar surface area (TPSA) is 47.6 Å². The average molecular weight is 328 g/mol. The van der Waals surface area contributed by atoms with Crippen molar-refractivity contribution in [3.05, 3.63) is 34.3 Å². The van der Waals surface area contributed by atoms with E-state index in [1.165, 1.54) is 7.11 Å². The number of benzene rings is 1. The van der Waals surface area contributed by atoms with Gasteiger partial charge in [-0.2, -0.15) is 0 Å². The molecule has 1 aliphatic rings. The summed E-state index contributed by atoms with van der Waals surface area (Å²) in [5.74, 6) is -0.505. The Kier molecular flexibility index (Phi) is 4.96. The van der Waals surface area contributed by atoms with Gasteiger partial charge in [0.25, 0.3) is 0 Å². The molecule has 0 amide bonds. The molecule has 0 spiro atoms. The minimum absolute atomic E-state index is 0.0542. The first kappa shape index (κ1) is 14.5. The molecule has 5 heteroatoms. The van der Waals surface area contributed by atoms with Gasteiger partial charge in [0.2, 0.25) is 0 Å². The van der Waals surface area contributed by atoms with Crippen molar-refractivity contribution in [2.75, 3.05) is 20.8 Å². The van der Waals surface area contributed by atoms with Gasteiger partial charge in [0.05, 0.1) is 19.1 Å². The van der Waals surface area contributed by atoms with Gasteiger partial charge in [0, 0.05) is 24.2 Å². The van der Waals surface area contributed by atoms with Crippen molar-refractivity contribution < 1.29 is 14.3 Å². The fourth-order valence-corrected chi connectivity index (χ4v) is 2.76. The minimum Gasteiger partial charge on any atom is -0.469 e. The van der Waals surface area contributed by atoms with Crippen LogP contribution in [0.5, 0.6) is 0 Å². The number of ether oxygens (including phenoxy) is 2. The summed E-state index contributed by atoms with van der Waals surface area (Å²) < 4.78 is 11.3. The van der Waals surface area contributed by atoms with E-state index in [-0.39, 0.29) is 24.0 Å². The highest BCUT2D eigenvalue weighted by molar-refractivity contribution is 9.10. The second-order valence-corrected chi connectivity index (χ2v) is 5.58. The van der Waals surface area contributed by atoms with Crippen LogP contribution >= 0.6 is 15.9 Å². The lowest BCUT2D eigenvalue weighted by Gasteiger charge is -2.22. The summed E-state index contributed by atoms with van der Waals surface area (Å²) in [6.45, 7) is 0.769. The smallest absolute Gasteiger partial charge is 0.314 e. The van der Waals surface area contributed by atoms with E-state index in [1.807, 2.05) is 24.3 Å². The van der Waals surface area contributed by atoms with Gasteiger partial charge >= 0.3 is 5.97 Å². The Balaban J connectivity index is 2.21. The molecule has 0 saturated carbocycles. The van der Waals surface area contributed by atoms with E-state index >= 15 is 0 Å². The highest BCUT2D eigenvalue weighted by Gasteiger charge is 2.36. The number of hydrogen-bond donors (Lipinski definition) is 1. The van der Waals surface area contributed by atoms with Crippen molar-refractivity contribution in [1.82, 2.24) is 5.32 Å². The van der Waals surface area contributed by atoms with E-state index in [4.69, 9.17) is 9.47 Å². The highest BCUT2D eigenvalue weighted by Crippen LogP contribution is 2.28. The van der Waals surface area contributed by atoms with Crippen LogP contribution in [-0.4, -0.2) is 38.9 Å². The van der Waals surface area contributed by atoms with Crippen molar-refractivity contribution in [2.24, 2.45) is 0 Å². The fourth-order valence-electron chi connectivity index (χ4n) is 2.50. The minimum atomic E-state index is -0.293. The second kappa shape index (κ2) is 6.50. The molecule has 19 heavy (non-hydrogen) atoms. The molecule has 1 N–H and O–H groups in total. The molecule has 1 heterocycles. The summed E-state index contributed by atoms with van der Waals surface area (Å²) in [4.78, 5) is 12.1. The third-order valence-corrected chi connectivity index (χ3v) is 4.07. The first-order valence-corrected chi connectivity index (χ1v) is 7.04. The number of methoxy groups -OCH3 is 2. The summed E-state index contributed by atoms with van der Waals surface area (Å²) in [6.07, 6.45) is 0.972. The van der Waals surface area contributed by atoms with Gasteiger partial charge in [-0.25, -0.2) is 0 Å². The zero-order valence-corrected chi connectivity index (χ0v) is 12.6. The largest absolute Gasteiger partial charge is 0.469 e. The predicted molar refractivity (Wildman–Crippen MR) is 76.1 cm³/mol. The van der Waals surface area contributed by atoms with Crippen LogP contribution < -0.4 is 5.32 Å². The molecule has 0 radical (unpaired) electrons. The first-order chi connectivity index (χ1) is 9.15. The quantitative estimate of drug-likeness (QED) is 0.860. The molecule has 1 fully saturated rings. The lowest BCUT2D eigenvalue weighted by atomic mass is 9.90. The van der Waals surface area contributed by atoms with Gasteiger partial charge < -0.3 is 14.8 Å². The van der Waals surface area contributed by atoms with Gasteiger partial charge in [-0.1, -0.05) is 28.1 Å². The summed E-state index contributed by atoms with van der Waals surface area (Å²) in [5, 5.41) is 3.35. The van der Waals surface area contributed by atoms with Gasteiger partial charge in [-0.3, -0.25) is 4.79 Å². The standard InChI is InChI=1S/C14H18BrNO3/c1-18-11-7-12(16-8-11)13(14(17)19-2)9-3-5-10(15)6-4-9/h3-6,11-13,16H,7-8H2,1-2H3/t11-,12+,13-/m1/s1. The fraction of sp³-hybridized carbons (Fsp3) is 0.500. The van der Waals surface area contributed by atoms with Crippen LogP contribution in [0.4, 0.5) is 0 Å². The van der Waals surface area contributed by atoms with Gasteiger partial charge in [0.15, 0.2) is 0 Å². The number of nitrogens with one attached hydrogen (secondary N) is 1. The molecular formula is C14H18BrNO3. The van der Waals surface area contributed by atoms with Gasteiger partial charge in [-0.05, 0) is 24.1 Å². The maximum Gasteiger partial charge on any atom is 0.314 e. The van der Waals surface area contributed by atoms with Crippen LogP contribution in [0.2, 0.25) is 0 Å². The van der Waals surface area contributed by atoms with Crippen LogP contribution in [0.15, 0.2) is 28.7 Å².